The van der Waals surface area contributed by atoms with Gasteiger partial charge in [-0.25, -0.2) is 0 Å². The standard InChI is InChI=1S/C16H32N2/c1-4-6-11-17-12-16(9-10-16)14-18(3)13-15(5-2)7-8-15/h17H,4-14H2,1-3H3. The van der Waals surface area contributed by atoms with Crippen LogP contribution in [0.5, 0.6) is 0 Å². The molecule has 0 bridgehead atoms. The van der Waals surface area contributed by atoms with E-state index in [2.05, 4.69) is 31.1 Å². The van der Waals surface area contributed by atoms with E-state index in [4.69, 9.17) is 0 Å². The maximum atomic E-state index is 3.66. The maximum absolute atomic E-state index is 3.66. The second-order valence-electron chi connectivity index (χ2n) is 7.06. The Morgan fingerprint density at radius 3 is 2.11 bits per heavy atom. The van der Waals surface area contributed by atoms with Gasteiger partial charge in [-0.15, -0.1) is 0 Å². The van der Waals surface area contributed by atoms with Crippen LogP contribution in [-0.2, 0) is 0 Å². The van der Waals surface area contributed by atoms with E-state index in [1.165, 1.54) is 71.1 Å². The van der Waals surface area contributed by atoms with E-state index in [-0.39, 0.29) is 0 Å². The van der Waals surface area contributed by atoms with Crippen LogP contribution in [0, 0.1) is 10.8 Å². The highest BCUT2D eigenvalue weighted by molar-refractivity contribution is 4.99. The predicted molar refractivity (Wildman–Crippen MR) is 78.9 cm³/mol. The summed E-state index contributed by atoms with van der Waals surface area (Å²) in [5.41, 5.74) is 1.34. The number of unbranched alkanes of at least 4 members (excludes halogenated alkanes) is 1. The highest BCUT2D eigenvalue weighted by Gasteiger charge is 2.46. The largest absolute Gasteiger partial charge is 0.316 e. The summed E-state index contributed by atoms with van der Waals surface area (Å²) in [5.74, 6) is 0. The first-order valence-electron chi connectivity index (χ1n) is 8.03. The predicted octanol–water partition coefficient (Wildman–Crippen LogP) is 3.28. The van der Waals surface area contributed by atoms with Gasteiger partial charge in [0.2, 0.25) is 0 Å². The monoisotopic (exact) mass is 252 g/mol. The van der Waals surface area contributed by atoms with Crippen LogP contribution in [0.25, 0.3) is 0 Å². The van der Waals surface area contributed by atoms with Crippen molar-refractivity contribution in [2.45, 2.75) is 58.8 Å². The molecule has 0 heterocycles. The van der Waals surface area contributed by atoms with Gasteiger partial charge in [0.1, 0.15) is 0 Å². The fraction of sp³-hybridized carbons (Fsp3) is 1.00. The molecule has 2 heteroatoms. The van der Waals surface area contributed by atoms with Crippen LogP contribution >= 0.6 is 0 Å². The van der Waals surface area contributed by atoms with Crippen LogP contribution in [-0.4, -0.2) is 38.1 Å². The highest BCUT2D eigenvalue weighted by atomic mass is 15.1. The molecule has 1 N–H and O–H groups in total. The number of hydrogen-bond donors (Lipinski definition) is 1. The van der Waals surface area contributed by atoms with Crippen molar-refractivity contribution in [3.63, 3.8) is 0 Å². The number of nitrogens with zero attached hydrogens (tertiary/aromatic N) is 1. The molecular weight excluding hydrogens is 220 g/mol. The minimum Gasteiger partial charge on any atom is -0.316 e. The van der Waals surface area contributed by atoms with Crippen molar-refractivity contribution in [1.29, 1.82) is 0 Å². The Morgan fingerprint density at radius 1 is 1.00 bits per heavy atom. The van der Waals surface area contributed by atoms with Gasteiger partial charge in [-0.05, 0) is 62.9 Å². The summed E-state index contributed by atoms with van der Waals surface area (Å²) >= 11 is 0. The fourth-order valence-electron chi connectivity index (χ4n) is 3.22. The molecular formula is C16H32N2. The van der Waals surface area contributed by atoms with Crippen LogP contribution in [0.2, 0.25) is 0 Å². The molecule has 0 radical (unpaired) electrons. The van der Waals surface area contributed by atoms with Crippen LogP contribution < -0.4 is 5.32 Å². The molecule has 0 aliphatic heterocycles. The van der Waals surface area contributed by atoms with Crippen molar-refractivity contribution in [3.05, 3.63) is 0 Å². The van der Waals surface area contributed by atoms with Gasteiger partial charge in [0.25, 0.3) is 0 Å². The molecule has 18 heavy (non-hydrogen) atoms. The molecule has 0 aromatic carbocycles. The molecule has 0 spiro atoms. The van der Waals surface area contributed by atoms with Gasteiger partial charge in [-0.1, -0.05) is 20.3 Å². The Bertz CT molecular complexity index is 254. The van der Waals surface area contributed by atoms with Crippen molar-refractivity contribution < 1.29 is 0 Å². The molecule has 2 nitrogen and oxygen atoms in total. The lowest BCUT2D eigenvalue weighted by atomic mass is 10.0. The van der Waals surface area contributed by atoms with Crippen molar-refractivity contribution in [3.8, 4) is 0 Å². The molecule has 2 saturated carbocycles. The quantitative estimate of drug-likeness (QED) is 0.600. The number of rotatable bonds is 10. The zero-order valence-electron chi connectivity index (χ0n) is 12.7. The van der Waals surface area contributed by atoms with Crippen LogP contribution in [0.15, 0.2) is 0 Å². The molecule has 2 fully saturated rings. The van der Waals surface area contributed by atoms with E-state index >= 15 is 0 Å². The minimum absolute atomic E-state index is 0.631. The van der Waals surface area contributed by atoms with Gasteiger partial charge in [-0.3, -0.25) is 0 Å². The Kier molecular flexibility index (Phi) is 4.71. The second kappa shape index (κ2) is 5.92. The third-order valence-corrected chi connectivity index (χ3v) is 5.08. The van der Waals surface area contributed by atoms with Gasteiger partial charge < -0.3 is 10.2 Å². The lowest BCUT2D eigenvalue weighted by Crippen LogP contribution is -2.37. The van der Waals surface area contributed by atoms with E-state index < -0.39 is 0 Å². The van der Waals surface area contributed by atoms with E-state index in [1.807, 2.05) is 0 Å². The topological polar surface area (TPSA) is 15.3 Å². The van der Waals surface area contributed by atoms with Gasteiger partial charge >= 0.3 is 0 Å². The van der Waals surface area contributed by atoms with E-state index in [9.17, 15) is 0 Å². The minimum atomic E-state index is 0.631. The average molecular weight is 252 g/mol. The smallest absolute Gasteiger partial charge is 0.00473 e. The maximum Gasteiger partial charge on any atom is 0.00473 e. The molecule has 0 saturated heterocycles. The zero-order valence-corrected chi connectivity index (χ0v) is 12.7. The molecule has 2 aliphatic carbocycles. The Hall–Kier alpha value is -0.0800. The van der Waals surface area contributed by atoms with Gasteiger partial charge in [0, 0.05) is 19.6 Å². The third kappa shape index (κ3) is 3.96. The first kappa shape index (κ1) is 14.3. The van der Waals surface area contributed by atoms with Crippen molar-refractivity contribution >= 4 is 0 Å². The van der Waals surface area contributed by atoms with Crippen molar-refractivity contribution in [2.75, 3.05) is 33.2 Å². The summed E-state index contributed by atoms with van der Waals surface area (Å²) in [7, 11) is 2.34. The van der Waals surface area contributed by atoms with Crippen molar-refractivity contribution in [2.24, 2.45) is 10.8 Å². The molecule has 2 aliphatic rings. The summed E-state index contributed by atoms with van der Waals surface area (Å²) < 4.78 is 0. The first-order chi connectivity index (χ1) is 8.64. The Balaban J connectivity index is 1.65. The molecule has 0 atom stereocenters. The Morgan fingerprint density at radius 2 is 1.61 bits per heavy atom. The van der Waals surface area contributed by atoms with Gasteiger partial charge in [0.05, 0.1) is 0 Å². The molecule has 0 unspecified atom stereocenters. The molecule has 106 valence electrons. The molecule has 0 amide bonds. The van der Waals surface area contributed by atoms with Crippen LogP contribution in [0.3, 0.4) is 0 Å². The first-order valence-corrected chi connectivity index (χ1v) is 8.03. The summed E-state index contributed by atoms with van der Waals surface area (Å²) in [6, 6.07) is 0. The molecule has 2 rings (SSSR count). The summed E-state index contributed by atoms with van der Waals surface area (Å²) in [6.07, 6.45) is 9.82. The van der Waals surface area contributed by atoms with Crippen LogP contribution in [0.4, 0.5) is 0 Å². The van der Waals surface area contributed by atoms with E-state index in [1.54, 1.807) is 0 Å². The Labute approximate surface area is 114 Å². The van der Waals surface area contributed by atoms with E-state index in [0.717, 1.165) is 0 Å². The van der Waals surface area contributed by atoms with E-state index in [0.29, 0.717) is 10.8 Å². The summed E-state index contributed by atoms with van der Waals surface area (Å²) in [4.78, 5) is 2.62. The second-order valence-corrected chi connectivity index (χ2v) is 7.06. The lowest BCUT2D eigenvalue weighted by Gasteiger charge is -2.27. The summed E-state index contributed by atoms with van der Waals surface area (Å²) in [6.45, 7) is 9.73. The lowest BCUT2D eigenvalue weighted by molar-refractivity contribution is 0.210. The normalized spacial score (nSPS) is 23.3. The summed E-state index contributed by atoms with van der Waals surface area (Å²) in [5, 5.41) is 3.66. The SMILES string of the molecule is CCCCNCC1(CN(C)CC2(CC)CC2)CC1. The molecule has 0 aromatic rings. The van der Waals surface area contributed by atoms with Crippen molar-refractivity contribution in [1.82, 2.24) is 10.2 Å². The number of hydrogen-bond acceptors (Lipinski definition) is 2. The number of nitrogens with one attached hydrogen (secondary N) is 1. The molecule has 0 aromatic heterocycles. The zero-order chi connectivity index (χ0) is 13.1. The third-order valence-electron chi connectivity index (χ3n) is 5.08. The van der Waals surface area contributed by atoms with Gasteiger partial charge in [0.15, 0.2) is 0 Å². The van der Waals surface area contributed by atoms with Crippen LogP contribution in [0.1, 0.15) is 58.8 Å². The van der Waals surface area contributed by atoms with Gasteiger partial charge in [-0.2, -0.15) is 0 Å². The highest BCUT2D eigenvalue weighted by Crippen LogP contribution is 2.50. The fourth-order valence-corrected chi connectivity index (χ4v) is 3.22. The average Bonchev–Trinajstić information content (AvgIpc) is 3.24.